The fourth-order valence-corrected chi connectivity index (χ4v) is 1.90. The third-order valence-electron chi connectivity index (χ3n) is 2.69. The summed E-state index contributed by atoms with van der Waals surface area (Å²) in [4.78, 5) is 21.3. The van der Waals surface area contributed by atoms with Gasteiger partial charge in [-0.05, 0) is 24.3 Å². The monoisotopic (exact) mass is 386 g/mol. The lowest BCUT2D eigenvalue weighted by molar-refractivity contribution is -0.387. The SMILES string of the molecule is O=C(COc1ccc(Br)cc1)Nc1cc([N+](=O)[O-])c(F)cc1F. The smallest absolute Gasteiger partial charge is 0.307 e. The number of carbonyl (C=O) groups excluding carboxylic acids is 1. The van der Waals surface area contributed by atoms with Crippen molar-refractivity contribution in [2.45, 2.75) is 0 Å². The molecule has 120 valence electrons. The summed E-state index contributed by atoms with van der Waals surface area (Å²) in [7, 11) is 0. The molecule has 0 aliphatic heterocycles. The molecule has 2 aromatic rings. The number of nitrogens with zero attached hydrogens (tertiary/aromatic N) is 1. The zero-order valence-corrected chi connectivity index (χ0v) is 13.0. The van der Waals surface area contributed by atoms with E-state index in [1.54, 1.807) is 24.3 Å². The second-order valence-corrected chi connectivity index (χ2v) is 5.25. The topological polar surface area (TPSA) is 81.5 Å². The summed E-state index contributed by atoms with van der Waals surface area (Å²) in [5.74, 6) is -2.77. The Balaban J connectivity index is 2.03. The molecule has 9 heteroatoms. The predicted octanol–water partition coefficient (Wildman–Crippen LogP) is 3.65. The van der Waals surface area contributed by atoms with E-state index in [9.17, 15) is 23.7 Å². The molecule has 0 saturated carbocycles. The normalized spacial score (nSPS) is 10.2. The number of rotatable bonds is 5. The standard InChI is InChI=1S/C14H9BrF2N2O4/c15-8-1-3-9(4-2-8)23-7-14(20)18-12-6-13(19(21)22)11(17)5-10(12)16/h1-6H,7H2,(H,18,20). The maximum atomic E-state index is 13.5. The minimum Gasteiger partial charge on any atom is -0.484 e. The van der Waals surface area contributed by atoms with Crippen LogP contribution in [0.15, 0.2) is 40.9 Å². The minimum absolute atomic E-state index is 0.337. The first kappa shape index (κ1) is 16.8. The van der Waals surface area contributed by atoms with Crippen molar-refractivity contribution in [3.8, 4) is 5.75 Å². The molecule has 0 spiro atoms. The molecule has 1 N–H and O–H groups in total. The van der Waals surface area contributed by atoms with Crippen LogP contribution in [0.3, 0.4) is 0 Å². The Morgan fingerprint density at radius 2 is 1.87 bits per heavy atom. The van der Waals surface area contributed by atoms with E-state index in [0.29, 0.717) is 17.9 Å². The van der Waals surface area contributed by atoms with Crippen molar-refractivity contribution in [2.24, 2.45) is 0 Å². The van der Waals surface area contributed by atoms with Crippen molar-refractivity contribution < 1.29 is 23.2 Å². The Bertz CT molecular complexity index is 753. The van der Waals surface area contributed by atoms with Crippen LogP contribution in [-0.4, -0.2) is 17.4 Å². The van der Waals surface area contributed by atoms with Gasteiger partial charge in [-0.15, -0.1) is 0 Å². The van der Waals surface area contributed by atoms with E-state index in [-0.39, 0.29) is 0 Å². The van der Waals surface area contributed by atoms with Crippen LogP contribution >= 0.6 is 15.9 Å². The molecule has 0 radical (unpaired) electrons. The molecule has 2 aromatic carbocycles. The highest BCUT2D eigenvalue weighted by atomic mass is 79.9. The maximum absolute atomic E-state index is 13.5. The molecule has 1 amide bonds. The van der Waals surface area contributed by atoms with E-state index in [1.165, 1.54) is 0 Å². The molecule has 6 nitrogen and oxygen atoms in total. The molecule has 0 heterocycles. The summed E-state index contributed by atoms with van der Waals surface area (Å²) in [5, 5.41) is 12.7. The Kier molecular flexibility index (Phi) is 5.22. The molecule has 2 rings (SSSR count). The van der Waals surface area contributed by atoms with Crippen molar-refractivity contribution in [1.82, 2.24) is 0 Å². The number of nitro groups is 1. The summed E-state index contributed by atoms with van der Waals surface area (Å²) in [5.41, 5.74) is -1.43. The number of amides is 1. The first-order valence-corrected chi connectivity index (χ1v) is 6.98. The van der Waals surface area contributed by atoms with Crippen LogP contribution in [-0.2, 0) is 4.79 Å². The van der Waals surface area contributed by atoms with E-state index >= 15 is 0 Å². The summed E-state index contributed by atoms with van der Waals surface area (Å²) in [6.07, 6.45) is 0. The molecule has 0 aliphatic carbocycles. The van der Waals surface area contributed by atoms with Crippen molar-refractivity contribution in [3.05, 3.63) is 62.6 Å². The quantitative estimate of drug-likeness (QED) is 0.627. The van der Waals surface area contributed by atoms with Gasteiger partial charge in [0.15, 0.2) is 6.61 Å². The Morgan fingerprint density at radius 1 is 1.22 bits per heavy atom. The van der Waals surface area contributed by atoms with Gasteiger partial charge >= 0.3 is 5.69 Å². The van der Waals surface area contributed by atoms with E-state index in [1.807, 2.05) is 0 Å². The molecule has 0 saturated heterocycles. The fourth-order valence-electron chi connectivity index (χ4n) is 1.64. The van der Waals surface area contributed by atoms with Gasteiger partial charge in [0.1, 0.15) is 11.6 Å². The zero-order chi connectivity index (χ0) is 17.0. The van der Waals surface area contributed by atoms with Crippen LogP contribution in [0.4, 0.5) is 20.2 Å². The van der Waals surface area contributed by atoms with Gasteiger partial charge in [-0.3, -0.25) is 14.9 Å². The van der Waals surface area contributed by atoms with Gasteiger partial charge < -0.3 is 10.1 Å². The maximum Gasteiger partial charge on any atom is 0.307 e. The number of benzene rings is 2. The molecule has 0 bridgehead atoms. The summed E-state index contributed by atoms with van der Waals surface area (Å²) < 4.78 is 32.7. The molecule has 0 aliphatic rings. The van der Waals surface area contributed by atoms with Gasteiger partial charge in [0.05, 0.1) is 10.6 Å². The van der Waals surface area contributed by atoms with Gasteiger partial charge in [0.2, 0.25) is 5.82 Å². The van der Waals surface area contributed by atoms with Crippen LogP contribution in [0.1, 0.15) is 0 Å². The van der Waals surface area contributed by atoms with Crippen LogP contribution in [0.5, 0.6) is 5.75 Å². The second-order valence-electron chi connectivity index (χ2n) is 4.33. The van der Waals surface area contributed by atoms with Crippen molar-refractivity contribution in [2.75, 3.05) is 11.9 Å². The van der Waals surface area contributed by atoms with E-state index in [0.717, 1.165) is 4.47 Å². The Morgan fingerprint density at radius 3 is 2.48 bits per heavy atom. The lowest BCUT2D eigenvalue weighted by atomic mass is 10.2. The van der Waals surface area contributed by atoms with Crippen molar-refractivity contribution >= 4 is 33.2 Å². The summed E-state index contributed by atoms with van der Waals surface area (Å²) >= 11 is 3.24. The number of nitrogens with one attached hydrogen (secondary N) is 1. The van der Waals surface area contributed by atoms with Gasteiger partial charge in [0.25, 0.3) is 5.91 Å². The molecule has 0 aromatic heterocycles. The number of ether oxygens (including phenoxy) is 1. The van der Waals surface area contributed by atoms with Crippen LogP contribution in [0.25, 0.3) is 0 Å². The fraction of sp³-hybridized carbons (Fsp3) is 0.0714. The number of nitro benzene ring substituents is 1. The molecular weight excluding hydrogens is 378 g/mol. The molecule has 23 heavy (non-hydrogen) atoms. The van der Waals surface area contributed by atoms with Gasteiger partial charge in [-0.2, -0.15) is 4.39 Å². The summed E-state index contributed by atoms with van der Waals surface area (Å²) in [6, 6.07) is 7.58. The lowest BCUT2D eigenvalue weighted by Gasteiger charge is -2.08. The molecular formula is C14H9BrF2N2O4. The van der Waals surface area contributed by atoms with E-state index in [4.69, 9.17) is 4.74 Å². The molecule has 0 unspecified atom stereocenters. The summed E-state index contributed by atoms with van der Waals surface area (Å²) in [6.45, 7) is -0.438. The number of halogens is 3. The highest BCUT2D eigenvalue weighted by Gasteiger charge is 2.19. The minimum atomic E-state index is -1.32. The first-order valence-electron chi connectivity index (χ1n) is 6.18. The Hall–Kier alpha value is -2.55. The van der Waals surface area contributed by atoms with Crippen LogP contribution in [0, 0.1) is 21.7 Å². The second kappa shape index (κ2) is 7.14. The van der Waals surface area contributed by atoms with Gasteiger partial charge in [-0.25, -0.2) is 4.39 Å². The van der Waals surface area contributed by atoms with Crippen LogP contribution < -0.4 is 10.1 Å². The third kappa shape index (κ3) is 4.46. The number of anilines is 1. The first-order chi connectivity index (χ1) is 10.9. The highest BCUT2D eigenvalue weighted by Crippen LogP contribution is 2.25. The van der Waals surface area contributed by atoms with E-state index < -0.39 is 40.4 Å². The molecule has 0 fully saturated rings. The van der Waals surface area contributed by atoms with Gasteiger partial charge in [0, 0.05) is 16.6 Å². The predicted molar refractivity (Wildman–Crippen MR) is 81.3 cm³/mol. The van der Waals surface area contributed by atoms with Gasteiger partial charge in [-0.1, -0.05) is 15.9 Å². The number of hydrogen-bond donors (Lipinski definition) is 1. The van der Waals surface area contributed by atoms with E-state index in [2.05, 4.69) is 21.2 Å². The van der Waals surface area contributed by atoms with Crippen molar-refractivity contribution in [1.29, 1.82) is 0 Å². The Labute approximate surface area is 137 Å². The largest absolute Gasteiger partial charge is 0.484 e. The average Bonchev–Trinajstić information content (AvgIpc) is 2.49. The lowest BCUT2D eigenvalue weighted by Crippen LogP contribution is -2.21. The van der Waals surface area contributed by atoms with Crippen LogP contribution in [0.2, 0.25) is 0 Å². The molecule has 0 atom stereocenters. The number of hydrogen-bond acceptors (Lipinski definition) is 4. The average molecular weight is 387 g/mol. The van der Waals surface area contributed by atoms with Crippen molar-refractivity contribution in [3.63, 3.8) is 0 Å². The third-order valence-corrected chi connectivity index (χ3v) is 3.22. The zero-order valence-electron chi connectivity index (χ0n) is 11.4. The highest BCUT2D eigenvalue weighted by molar-refractivity contribution is 9.10. The number of carbonyl (C=O) groups is 1.